The standard InChI is InChI=1S/C11H14F3NO2/c1-16-10(17-2)7-15-9-5-3-4-8(6-9)11(12,13)14/h3-6,10,15H,7H2,1-2H3. The van der Waals surface area contributed by atoms with Crippen LogP contribution in [0.25, 0.3) is 0 Å². The van der Waals surface area contributed by atoms with Crippen LogP contribution in [0.3, 0.4) is 0 Å². The second-order valence-electron chi connectivity index (χ2n) is 3.36. The van der Waals surface area contributed by atoms with Crippen molar-refractivity contribution >= 4 is 5.69 Å². The van der Waals surface area contributed by atoms with E-state index in [0.29, 0.717) is 5.69 Å². The molecule has 1 aromatic rings. The van der Waals surface area contributed by atoms with E-state index in [0.717, 1.165) is 12.1 Å². The van der Waals surface area contributed by atoms with E-state index < -0.39 is 18.0 Å². The Balaban J connectivity index is 2.66. The molecule has 0 spiro atoms. The molecule has 1 rings (SSSR count). The monoisotopic (exact) mass is 249 g/mol. The van der Waals surface area contributed by atoms with Gasteiger partial charge < -0.3 is 14.8 Å². The summed E-state index contributed by atoms with van der Waals surface area (Å²) in [6, 6.07) is 4.97. The highest BCUT2D eigenvalue weighted by atomic mass is 19.4. The van der Waals surface area contributed by atoms with Crippen molar-refractivity contribution in [1.29, 1.82) is 0 Å². The number of hydrogen-bond donors (Lipinski definition) is 1. The second-order valence-corrected chi connectivity index (χ2v) is 3.36. The lowest BCUT2D eigenvalue weighted by Gasteiger charge is -2.15. The van der Waals surface area contributed by atoms with Gasteiger partial charge in [0.1, 0.15) is 0 Å². The summed E-state index contributed by atoms with van der Waals surface area (Å²) in [7, 11) is 2.92. The van der Waals surface area contributed by atoms with Crippen LogP contribution >= 0.6 is 0 Å². The Morgan fingerprint density at radius 3 is 2.41 bits per heavy atom. The molecule has 0 aliphatic rings. The predicted molar refractivity (Wildman–Crippen MR) is 57.7 cm³/mol. The Kier molecular flexibility index (Phi) is 4.77. The predicted octanol–water partition coefficient (Wildman–Crippen LogP) is 2.74. The molecule has 0 unspecified atom stereocenters. The summed E-state index contributed by atoms with van der Waals surface area (Å²) in [5.41, 5.74) is -0.312. The van der Waals surface area contributed by atoms with E-state index in [2.05, 4.69) is 5.32 Å². The van der Waals surface area contributed by atoms with Gasteiger partial charge in [-0.1, -0.05) is 6.07 Å². The van der Waals surface area contributed by atoms with Gasteiger partial charge in [0.2, 0.25) is 0 Å². The molecular formula is C11H14F3NO2. The average molecular weight is 249 g/mol. The number of nitrogens with one attached hydrogen (secondary N) is 1. The Morgan fingerprint density at radius 1 is 1.24 bits per heavy atom. The van der Waals surface area contributed by atoms with Crippen molar-refractivity contribution in [3.05, 3.63) is 29.8 Å². The van der Waals surface area contributed by atoms with Crippen LogP contribution in [0.15, 0.2) is 24.3 Å². The van der Waals surface area contributed by atoms with Gasteiger partial charge in [-0.15, -0.1) is 0 Å². The summed E-state index contributed by atoms with van der Waals surface area (Å²) in [5.74, 6) is 0. The van der Waals surface area contributed by atoms with Crippen LogP contribution in [0, 0.1) is 0 Å². The van der Waals surface area contributed by atoms with Crippen LogP contribution in [0.5, 0.6) is 0 Å². The topological polar surface area (TPSA) is 30.5 Å². The molecule has 0 aliphatic carbocycles. The molecule has 0 aromatic heterocycles. The first kappa shape index (κ1) is 13.8. The summed E-state index contributed by atoms with van der Waals surface area (Å²) in [4.78, 5) is 0. The Labute approximate surface area is 97.5 Å². The molecule has 1 N–H and O–H groups in total. The Morgan fingerprint density at radius 2 is 1.88 bits per heavy atom. The second kappa shape index (κ2) is 5.88. The van der Waals surface area contributed by atoms with Gasteiger partial charge in [0, 0.05) is 19.9 Å². The SMILES string of the molecule is COC(CNc1cccc(C(F)(F)F)c1)OC. The largest absolute Gasteiger partial charge is 0.416 e. The van der Waals surface area contributed by atoms with Crippen molar-refractivity contribution in [2.45, 2.75) is 12.5 Å². The average Bonchev–Trinajstić information content (AvgIpc) is 2.30. The molecule has 0 radical (unpaired) electrons. The van der Waals surface area contributed by atoms with Gasteiger partial charge in [-0.05, 0) is 18.2 Å². The van der Waals surface area contributed by atoms with Crippen LogP contribution in [0.4, 0.5) is 18.9 Å². The van der Waals surface area contributed by atoms with E-state index in [1.807, 2.05) is 0 Å². The zero-order chi connectivity index (χ0) is 12.9. The van der Waals surface area contributed by atoms with Crippen LogP contribution in [0.2, 0.25) is 0 Å². The first-order valence-electron chi connectivity index (χ1n) is 4.94. The smallest absolute Gasteiger partial charge is 0.380 e. The molecule has 17 heavy (non-hydrogen) atoms. The Hall–Kier alpha value is -1.27. The van der Waals surface area contributed by atoms with E-state index in [-0.39, 0.29) is 6.54 Å². The fraction of sp³-hybridized carbons (Fsp3) is 0.455. The summed E-state index contributed by atoms with van der Waals surface area (Å²) in [6.07, 6.45) is -4.83. The third kappa shape index (κ3) is 4.24. The maximum absolute atomic E-state index is 12.4. The van der Waals surface area contributed by atoms with Crippen molar-refractivity contribution < 1.29 is 22.6 Å². The number of alkyl halides is 3. The molecule has 6 heteroatoms. The van der Waals surface area contributed by atoms with Crippen molar-refractivity contribution in [3.63, 3.8) is 0 Å². The molecule has 3 nitrogen and oxygen atoms in total. The van der Waals surface area contributed by atoms with Gasteiger partial charge in [-0.25, -0.2) is 0 Å². The zero-order valence-electron chi connectivity index (χ0n) is 9.54. The van der Waals surface area contributed by atoms with E-state index in [4.69, 9.17) is 9.47 Å². The third-order valence-electron chi connectivity index (χ3n) is 2.19. The van der Waals surface area contributed by atoms with Crippen molar-refractivity contribution in [1.82, 2.24) is 0 Å². The van der Waals surface area contributed by atoms with Crippen LogP contribution in [-0.2, 0) is 15.7 Å². The summed E-state index contributed by atoms with van der Waals surface area (Å²) < 4.78 is 47.1. The molecule has 96 valence electrons. The van der Waals surface area contributed by atoms with Crippen LogP contribution in [-0.4, -0.2) is 27.1 Å². The summed E-state index contributed by atoms with van der Waals surface area (Å²) in [6.45, 7) is 0.272. The maximum Gasteiger partial charge on any atom is 0.416 e. The van der Waals surface area contributed by atoms with E-state index >= 15 is 0 Å². The molecule has 0 saturated heterocycles. The minimum Gasteiger partial charge on any atom is -0.380 e. The van der Waals surface area contributed by atoms with Crippen LogP contribution in [0.1, 0.15) is 5.56 Å². The molecule has 0 aliphatic heterocycles. The number of methoxy groups -OCH3 is 2. The number of hydrogen-bond acceptors (Lipinski definition) is 3. The molecule has 0 heterocycles. The van der Waals surface area contributed by atoms with Crippen molar-refractivity contribution in [2.24, 2.45) is 0 Å². The molecule has 0 amide bonds. The summed E-state index contributed by atoms with van der Waals surface area (Å²) >= 11 is 0. The first-order chi connectivity index (χ1) is 7.97. The Bertz CT molecular complexity index is 351. The summed E-state index contributed by atoms with van der Waals surface area (Å²) in [5, 5.41) is 2.81. The van der Waals surface area contributed by atoms with Gasteiger partial charge in [0.05, 0.1) is 12.1 Å². The molecule has 0 atom stereocenters. The molecular weight excluding hydrogens is 235 g/mol. The normalized spacial score (nSPS) is 11.9. The van der Waals surface area contributed by atoms with Gasteiger partial charge in [0.25, 0.3) is 0 Å². The number of halogens is 3. The first-order valence-corrected chi connectivity index (χ1v) is 4.94. The fourth-order valence-corrected chi connectivity index (χ4v) is 1.27. The highest BCUT2D eigenvalue weighted by Crippen LogP contribution is 2.30. The van der Waals surface area contributed by atoms with Crippen molar-refractivity contribution in [2.75, 3.05) is 26.1 Å². The maximum atomic E-state index is 12.4. The highest BCUT2D eigenvalue weighted by molar-refractivity contribution is 5.46. The minimum atomic E-state index is -4.33. The fourth-order valence-electron chi connectivity index (χ4n) is 1.27. The molecule has 1 aromatic carbocycles. The number of anilines is 1. The molecule has 0 saturated carbocycles. The van der Waals surface area contributed by atoms with E-state index in [1.54, 1.807) is 6.07 Å². The van der Waals surface area contributed by atoms with Crippen LogP contribution < -0.4 is 5.32 Å². The highest BCUT2D eigenvalue weighted by Gasteiger charge is 2.30. The lowest BCUT2D eigenvalue weighted by atomic mass is 10.2. The number of rotatable bonds is 5. The van der Waals surface area contributed by atoms with Gasteiger partial charge in [0.15, 0.2) is 6.29 Å². The lowest BCUT2D eigenvalue weighted by Crippen LogP contribution is -2.23. The van der Waals surface area contributed by atoms with E-state index in [9.17, 15) is 13.2 Å². The molecule has 0 fully saturated rings. The number of benzene rings is 1. The van der Waals surface area contributed by atoms with E-state index in [1.165, 1.54) is 20.3 Å². The minimum absolute atomic E-state index is 0.272. The van der Waals surface area contributed by atoms with Crippen molar-refractivity contribution in [3.8, 4) is 0 Å². The zero-order valence-corrected chi connectivity index (χ0v) is 9.54. The van der Waals surface area contributed by atoms with Gasteiger partial charge >= 0.3 is 6.18 Å². The molecule has 0 bridgehead atoms. The lowest BCUT2D eigenvalue weighted by molar-refractivity contribution is -0.137. The van der Waals surface area contributed by atoms with Gasteiger partial charge in [-0.2, -0.15) is 13.2 Å². The van der Waals surface area contributed by atoms with Gasteiger partial charge in [-0.3, -0.25) is 0 Å². The number of ether oxygens (including phenoxy) is 2. The quantitative estimate of drug-likeness (QED) is 0.814. The third-order valence-corrected chi connectivity index (χ3v) is 2.19.